The molecule has 0 spiro atoms. The lowest BCUT2D eigenvalue weighted by molar-refractivity contribution is 0.249. The highest BCUT2D eigenvalue weighted by Gasteiger charge is 2.24. The molecule has 1 aliphatic heterocycles. The number of aliphatic imine (C=N–C) groups is 1. The molecule has 6 heteroatoms. The summed E-state index contributed by atoms with van der Waals surface area (Å²) in [5.41, 5.74) is 0.151. The maximum absolute atomic E-state index is 4.35. The Morgan fingerprint density at radius 3 is 2.58 bits per heavy atom. The van der Waals surface area contributed by atoms with Crippen LogP contribution in [0, 0.1) is 0 Å². The molecule has 0 saturated carbocycles. The van der Waals surface area contributed by atoms with Crippen molar-refractivity contribution in [1.29, 1.82) is 0 Å². The first kappa shape index (κ1) is 19.2. The molecule has 5 nitrogen and oxygen atoms in total. The predicted octanol–water partition coefficient (Wildman–Crippen LogP) is 2.44. The first-order valence-electron chi connectivity index (χ1n) is 8.96. The summed E-state index contributed by atoms with van der Waals surface area (Å²) in [5.74, 6) is 0.881. The zero-order chi connectivity index (χ0) is 17.4. The van der Waals surface area contributed by atoms with E-state index in [0.29, 0.717) is 6.04 Å². The molecular weight excluding hydrogens is 318 g/mol. The summed E-state index contributed by atoms with van der Waals surface area (Å²) in [5, 5.41) is 12.6. The Morgan fingerprint density at radius 2 is 2.00 bits per heavy atom. The van der Waals surface area contributed by atoms with Crippen molar-refractivity contribution in [3.8, 4) is 0 Å². The third-order valence-electron chi connectivity index (χ3n) is 4.21. The van der Waals surface area contributed by atoms with Crippen molar-refractivity contribution in [3.05, 3.63) is 22.4 Å². The number of nitrogens with one attached hydrogen (secondary N) is 3. The molecule has 1 aliphatic rings. The lowest BCUT2D eigenvalue weighted by Gasteiger charge is -2.27. The van der Waals surface area contributed by atoms with E-state index >= 15 is 0 Å². The fourth-order valence-electron chi connectivity index (χ4n) is 2.98. The van der Waals surface area contributed by atoms with Crippen LogP contribution in [0.3, 0.4) is 0 Å². The van der Waals surface area contributed by atoms with Gasteiger partial charge in [0.2, 0.25) is 0 Å². The minimum absolute atomic E-state index is 0.151. The molecule has 1 atom stereocenters. The number of hydrogen-bond donors (Lipinski definition) is 3. The largest absolute Gasteiger partial charge is 0.355 e. The molecule has 1 aromatic rings. The Morgan fingerprint density at radius 1 is 1.25 bits per heavy atom. The molecule has 24 heavy (non-hydrogen) atoms. The van der Waals surface area contributed by atoms with E-state index in [4.69, 9.17) is 0 Å². The number of nitrogens with zero attached hydrogens (tertiary/aromatic N) is 2. The van der Waals surface area contributed by atoms with Gasteiger partial charge in [-0.05, 0) is 58.1 Å². The van der Waals surface area contributed by atoms with Gasteiger partial charge in [0.25, 0.3) is 0 Å². The van der Waals surface area contributed by atoms with Gasteiger partial charge in [0.15, 0.2) is 5.96 Å². The molecule has 2 heterocycles. The molecule has 0 radical (unpaired) electrons. The summed E-state index contributed by atoms with van der Waals surface area (Å²) in [4.78, 5) is 8.38. The first-order valence-corrected chi connectivity index (χ1v) is 9.84. The van der Waals surface area contributed by atoms with Gasteiger partial charge in [-0.25, -0.2) is 0 Å². The molecule has 1 unspecified atom stereocenters. The number of thiophene rings is 1. The van der Waals surface area contributed by atoms with Crippen molar-refractivity contribution in [3.63, 3.8) is 0 Å². The van der Waals surface area contributed by atoms with E-state index in [-0.39, 0.29) is 5.54 Å². The highest BCUT2D eigenvalue weighted by atomic mass is 32.1. The second kappa shape index (κ2) is 9.39. The van der Waals surface area contributed by atoms with Crippen LogP contribution in [0.4, 0.5) is 0 Å². The molecule has 0 aromatic carbocycles. The highest BCUT2D eigenvalue weighted by Crippen LogP contribution is 2.27. The van der Waals surface area contributed by atoms with E-state index in [1.165, 1.54) is 30.8 Å². The molecule has 0 aliphatic carbocycles. The normalized spacial score (nSPS) is 17.9. The molecule has 0 amide bonds. The zero-order valence-corrected chi connectivity index (χ0v) is 16.4. The van der Waals surface area contributed by atoms with Crippen LogP contribution < -0.4 is 16.0 Å². The molecule has 1 saturated heterocycles. The maximum Gasteiger partial charge on any atom is 0.191 e. The summed E-state index contributed by atoms with van der Waals surface area (Å²) in [7, 11) is 1.84. The molecule has 1 aromatic heterocycles. The molecule has 3 N–H and O–H groups in total. The molecule has 136 valence electrons. The monoisotopic (exact) mass is 351 g/mol. The Kier molecular flexibility index (Phi) is 7.52. The van der Waals surface area contributed by atoms with Gasteiger partial charge >= 0.3 is 0 Å². The second-order valence-corrected chi connectivity index (χ2v) is 8.31. The van der Waals surface area contributed by atoms with E-state index < -0.39 is 0 Å². The number of rotatable bonds is 7. The van der Waals surface area contributed by atoms with Gasteiger partial charge in [0.1, 0.15) is 0 Å². The Labute approximate surface area is 150 Å². The average molecular weight is 352 g/mol. The fourth-order valence-corrected chi connectivity index (χ4v) is 3.84. The Hall–Kier alpha value is -1.11. The Bertz CT molecular complexity index is 486. The number of hydrogen-bond acceptors (Lipinski definition) is 4. The van der Waals surface area contributed by atoms with Gasteiger partial charge in [0.05, 0.1) is 6.04 Å². The van der Waals surface area contributed by atoms with Crippen LogP contribution in [0.2, 0.25) is 0 Å². The van der Waals surface area contributed by atoms with Crippen molar-refractivity contribution in [2.24, 2.45) is 4.99 Å². The van der Waals surface area contributed by atoms with Crippen molar-refractivity contribution in [2.45, 2.75) is 45.2 Å². The van der Waals surface area contributed by atoms with E-state index in [9.17, 15) is 0 Å². The van der Waals surface area contributed by atoms with Crippen molar-refractivity contribution >= 4 is 17.3 Å². The quantitative estimate of drug-likeness (QED) is 0.401. The van der Waals surface area contributed by atoms with Crippen LogP contribution in [0.15, 0.2) is 22.5 Å². The highest BCUT2D eigenvalue weighted by molar-refractivity contribution is 7.10. The van der Waals surface area contributed by atoms with Gasteiger partial charge in [-0.2, -0.15) is 0 Å². The Balaban J connectivity index is 1.81. The van der Waals surface area contributed by atoms with Crippen molar-refractivity contribution in [1.82, 2.24) is 20.9 Å². The summed E-state index contributed by atoms with van der Waals surface area (Å²) in [6.07, 6.45) is 2.63. The van der Waals surface area contributed by atoms with E-state index in [1.807, 2.05) is 18.4 Å². The minimum Gasteiger partial charge on any atom is -0.355 e. The van der Waals surface area contributed by atoms with E-state index in [1.54, 1.807) is 0 Å². The van der Waals surface area contributed by atoms with Gasteiger partial charge in [-0.3, -0.25) is 9.89 Å². The van der Waals surface area contributed by atoms with Crippen molar-refractivity contribution < 1.29 is 0 Å². The van der Waals surface area contributed by atoms with Crippen LogP contribution in [0.25, 0.3) is 0 Å². The standard InChI is InChI=1S/C18H33N5S/c1-18(2,3)22-10-9-20-17(19-4)21-14-15(16-8-7-13-24-16)23-11-5-6-12-23/h7-8,13,15,22H,5-6,9-12,14H2,1-4H3,(H2,19,20,21). The lowest BCUT2D eigenvalue weighted by Crippen LogP contribution is -2.46. The van der Waals surface area contributed by atoms with Gasteiger partial charge in [0, 0.05) is 37.1 Å². The van der Waals surface area contributed by atoms with Crippen LogP contribution in [-0.2, 0) is 0 Å². The zero-order valence-electron chi connectivity index (χ0n) is 15.6. The maximum atomic E-state index is 4.35. The number of guanidine groups is 1. The average Bonchev–Trinajstić information content (AvgIpc) is 3.22. The predicted molar refractivity (Wildman–Crippen MR) is 105 cm³/mol. The fraction of sp³-hybridized carbons (Fsp3) is 0.722. The first-order chi connectivity index (χ1) is 11.5. The van der Waals surface area contributed by atoms with Crippen LogP contribution in [-0.4, -0.2) is 56.2 Å². The third kappa shape index (κ3) is 6.42. The second-order valence-electron chi connectivity index (χ2n) is 7.33. The topological polar surface area (TPSA) is 51.7 Å². The molecular formula is C18H33N5S. The van der Waals surface area contributed by atoms with E-state index in [2.05, 4.69) is 64.1 Å². The smallest absolute Gasteiger partial charge is 0.191 e. The SMILES string of the molecule is CN=C(NCCNC(C)(C)C)NCC(c1cccs1)N1CCCC1. The molecule has 1 fully saturated rings. The van der Waals surface area contributed by atoms with Gasteiger partial charge < -0.3 is 16.0 Å². The molecule has 2 rings (SSSR count). The van der Waals surface area contributed by atoms with Crippen LogP contribution in [0.1, 0.15) is 44.5 Å². The van der Waals surface area contributed by atoms with Crippen molar-refractivity contribution in [2.75, 3.05) is 39.8 Å². The third-order valence-corrected chi connectivity index (χ3v) is 5.19. The minimum atomic E-state index is 0.151. The summed E-state index contributed by atoms with van der Waals surface area (Å²) in [6, 6.07) is 4.84. The summed E-state index contributed by atoms with van der Waals surface area (Å²) >= 11 is 1.85. The summed E-state index contributed by atoms with van der Waals surface area (Å²) < 4.78 is 0. The molecule has 0 bridgehead atoms. The van der Waals surface area contributed by atoms with Crippen LogP contribution in [0.5, 0.6) is 0 Å². The lowest BCUT2D eigenvalue weighted by atomic mass is 10.1. The van der Waals surface area contributed by atoms with Gasteiger partial charge in [-0.1, -0.05) is 6.07 Å². The van der Waals surface area contributed by atoms with E-state index in [0.717, 1.165) is 25.6 Å². The van der Waals surface area contributed by atoms with Crippen LogP contribution >= 0.6 is 11.3 Å². The number of likely N-dealkylation sites (tertiary alicyclic amines) is 1. The van der Waals surface area contributed by atoms with Gasteiger partial charge in [-0.15, -0.1) is 11.3 Å². The summed E-state index contributed by atoms with van der Waals surface area (Å²) in [6.45, 7) is 11.6.